The highest BCUT2D eigenvalue weighted by Gasteiger charge is 2.34. The first kappa shape index (κ1) is 19.6. The van der Waals surface area contributed by atoms with E-state index in [0.29, 0.717) is 23.3 Å². The van der Waals surface area contributed by atoms with Gasteiger partial charge in [0.15, 0.2) is 0 Å². The molecule has 2 nitrogen and oxygen atoms in total. The molecule has 3 rings (SSSR count). The third-order valence-corrected chi connectivity index (χ3v) is 4.95. The summed E-state index contributed by atoms with van der Waals surface area (Å²) in [5, 5.41) is 4.74. The lowest BCUT2D eigenvalue weighted by molar-refractivity contribution is 0.0565. The van der Waals surface area contributed by atoms with Crippen molar-refractivity contribution < 1.29 is 4.74 Å². The van der Waals surface area contributed by atoms with Crippen LogP contribution in [0.5, 0.6) is 0 Å². The van der Waals surface area contributed by atoms with Gasteiger partial charge in [0.05, 0.1) is 13.2 Å². The van der Waals surface area contributed by atoms with Crippen LogP contribution in [0.2, 0.25) is 10.0 Å². The van der Waals surface area contributed by atoms with E-state index in [9.17, 15) is 0 Å². The SMILES string of the molecule is Cl.Clc1cc(Cl)cc(COCC2(c3ccccc3)CCNCC2)c1. The molecule has 1 saturated heterocycles. The summed E-state index contributed by atoms with van der Waals surface area (Å²) in [6, 6.07) is 16.3. The molecule has 0 atom stereocenters. The molecule has 2 aromatic carbocycles. The molecule has 0 unspecified atom stereocenters. The van der Waals surface area contributed by atoms with E-state index in [1.165, 1.54) is 5.56 Å². The highest BCUT2D eigenvalue weighted by molar-refractivity contribution is 6.34. The van der Waals surface area contributed by atoms with Crippen molar-refractivity contribution in [2.24, 2.45) is 0 Å². The lowest BCUT2D eigenvalue weighted by Gasteiger charge is -2.38. The molecule has 2 aromatic rings. The maximum absolute atomic E-state index is 6.08. The lowest BCUT2D eigenvalue weighted by Crippen LogP contribution is -2.43. The van der Waals surface area contributed by atoms with Gasteiger partial charge in [0.25, 0.3) is 0 Å². The average Bonchev–Trinajstić information content (AvgIpc) is 2.56. The molecule has 24 heavy (non-hydrogen) atoms. The molecule has 0 aliphatic carbocycles. The van der Waals surface area contributed by atoms with Crippen LogP contribution in [0.15, 0.2) is 48.5 Å². The molecule has 0 amide bonds. The minimum atomic E-state index is 0. The van der Waals surface area contributed by atoms with Crippen molar-refractivity contribution in [1.29, 1.82) is 0 Å². The van der Waals surface area contributed by atoms with Crippen LogP contribution in [0.4, 0.5) is 0 Å². The Kier molecular flexibility index (Phi) is 7.39. The first-order valence-corrected chi connectivity index (χ1v) is 8.73. The molecule has 0 spiro atoms. The summed E-state index contributed by atoms with van der Waals surface area (Å²) in [6.45, 7) is 3.30. The molecule has 0 saturated carbocycles. The van der Waals surface area contributed by atoms with Gasteiger partial charge in [-0.2, -0.15) is 0 Å². The van der Waals surface area contributed by atoms with Gasteiger partial charge in [-0.15, -0.1) is 12.4 Å². The Morgan fingerprint density at radius 2 is 1.58 bits per heavy atom. The van der Waals surface area contributed by atoms with Gasteiger partial charge in [0.1, 0.15) is 0 Å². The van der Waals surface area contributed by atoms with E-state index in [0.717, 1.165) is 31.5 Å². The van der Waals surface area contributed by atoms with Crippen molar-refractivity contribution in [2.75, 3.05) is 19.7 Å². The first-order valence-electron chi connectivity index (χ1n) is 7.97. The molecule has 0 radical (unpaired) electrons. The summed E-state index contributed by atoms with van der Waals surface area (Å²) < 4.78 is 6.08. The van der Waals surface area contributed by atoms with E-state index in [4.69, 9.17) is 27.9 Å². The van der Waals surface area contributed by atoms with Gasteiger partial charge in [-0.05, 0) is 55.3 Å². The van der Waals surface area contributed by atoms with E-state index in [1.807, 2.05) is 12.1 Å². The molecule has 1 aliphatic rings. The monoisotopic (exact) mass is 385 g/mol. The fraction of sp³-hybridized carbons (Fsp3) is 0.368. The van der Waals surface area contributed by atoms with Crippen LogP contribution >= 0.6 is 35.6 Å². The number of hydrogen-bond donors (Lipinski definition) is 1. The Bertz CT molecular complexity index is 622. The lowest BCUT2D eigenvalue weighted by atomic mass is 9.74. The van der Waals surface area contributed by atoms with E-state index in [-0.39, 0.29) is 17.8 Å². The Morgan fingerprint density at radius 3 is 2.21 bits per heavy atom. The van der Waals surface area contributed by atoms with Crippen molar-refractivity contribution >= 4 is 35.6 Å². The predicted molar refractivity (Wildman–Crippen MR) is 104 cm³/mol. The Balaban J connectivity index is 0.00000208. The summed E-state index contributed by atoms with van der Waals surface area (Å²) in [7, 11) is 0. The van der Waals surface area contributed by atoms with E-state index in [1.54, 1.807) is 6.07 Å². The second-order valence-corrected chi connectivity index (χ2v) is 7.04. The quantitative estimate of drug-likeness (QED) is 0.757. The Labute approximate surface area is 159 Å². The number of piperidine rings is 1. The average molecular weight is 387 g/mol. The van der Waals surface area contributed by atoms with Crippen LogP contribution in [0.1, 0.15) is 24.0 Å². The topological polar surface area (TPSA) is 21.3 Å². The fourth-order valence-corrected chi connectivity index (χ4v) is 3.84. The minimum Gasteiger partial charge on any atom is -0.376 e. The Morgan fingerprint density at radius 1 is 0.958 bits per heavy atom. The normalized spacial score (nSPS) is 16.4. The molecule has 130 valence electrons. The number of rotatable bonds is 5. The zero-order valence-electron chi connectivity index (χ0n) is 13.4. The molecule has 1 aliphatic heterocycles. The molecule has 5 heteroatoms. The first-order chi connectivity index (χ1) is 11.2. The molecule has 1 heterocycles. The molecule has 0 aromatic heterocycles. The summed E-state index contributed by atoms with van der Waals surface area (Å²) in [6.07, 6.45) is 2.18. The van der Waals surface area contributed by atoms with Crippen molar-refractivity contribution in [1.82, 2.24) is 5.32 Å². The second-order valence-electron chi connectivity index (χ2n) is 6.17. The number of benzene rings is 2. The van der Waals surface area contributed by atoms with Crippen LogP contribution < -0.4 is 5.32 Å². The maximum Gasteiger partial charge on any atom is 0.0718 e. The van der Waals surface area contributed by atoms with Crippen molar-refractivity contribution in [3.8, 4) is 0 Å². The van der Waals surface area contributed by atoms with Gasteiger partial charge in [-0.1, -0.05) is 53.5 Å². The van der Waals surface area contributed by atoms with Crippen molar-refractivity contribution in [3.05, 3.63) is 69.7 Å². The smallest absolute Gasteiger partial charge is 0.0718 e. The van der Waals surface area contributed by atoms with Crippen LogP contribution in [0.25, 0.3) is 0 Å². The zero-order chi connectivity index (χ0) is 16.1. The van der Waals surface area contributed by atoms with Crippen LogP contribution in [-0.4, -0.2) is 19.7 Å². The summed E-state index contributed by atoms with van der Waals surface area (Å²) >= 11 is 12.1. The molecule has 1 fully saturated rings. The number of nitrogens with one attached hydrogen (secondary N) is 1. The van der Waals surface area contributed by atoms with Gasteiger partial charge >= 0.3 is 0 Å². The summed E-state index contributed by atoms with van der Waals surface area (Å²) in [5.74, 6) is 0. The number of ether oxygens (including phenoxy) is 1. The molecule has 1 N–H and O–H groups in total. The highest BCUT2D eigenvalue weighted by atomic mass is 35.5. The molecule has 0 bridgehead atoms. The predicted octanol–water partition coefficient (Wildman–Crippen LogP) is 5.25. The van der Waals surface area contributed by atoms with Gasteiger partial charge in [-0.25, -0.2) is 0 Å². The van der Waals surface area contributed by atoms with Crippen LogP contribution in [0.3, 0.4) is 0 Å². The summed E-state index contributed by atoms with van der Waals surface area (Å²) in [5.41, 5.74) is 2.47. The fourth-order valence-electron chi connectivity index (χ4n) is 3.27. The molecular formula is C19H22Cl3NO. The van der Waals surface area contributed by atoms with Crippen LogP contribution in [-0.2, 0) is 16.8 Å². The third-order valence-electron chi connectivity index (χ3n) is 4.52. The van der Waals surface area contributed by atoms with Crippen molar-refractivity contribution in [3.63, 3.8) is 0 Å². The van der Waals surface area contributed by atoms with Crippen molar-refractivity contribution in [2.45, 2.75) is 24.9 Å². The zero-order valence-corrected chi connectivity index (χ0v) is 15.8. The van der Waals surface area contributed by atoms with Gasteiger partial charge < -0.3 is 10.1 Å². The van der Waals surface area contributed by atoms with Gasteiger partial charge in [0, 0.05) is 15.5 Å². The summed E-state index contributed by atoms with van der Waals surface area (Å²) in [4.78, 5) is 0. The third kappa shape index (κ3) is 4.87. The second kappa shape index (κ2) is 9.07. The van der Waals surface area contributed by atoms with E-state index in [2.05, 4.69) is 35.6 Å². The maximum atomic E-state index is 6.08. The highest BCUT2D eigenvalue weighted by Crippen LogP contribution is 2.34. The Hall–Kier alpha value is -0.770. The standard InChI is InChI=1S/C19H21Cl2NO.ClH/c20-17-10-15(11-18(21)12-17)13-23-14-19(6-8-22-9-7-19)16-4-2-1-3-5-16;/h1-5,10-12,22H,6-9,13-14H2;1H. The van der Waals surface area contributed by atoms with Gasteiger partial charge in [0.2, 0.25) is 0 Å². The largest absolute Gasteiger partial charge is 0.376 e. The van der Waals surface area contributed by atoms with Crippen LogP contribution in [0, 0.1) is 0 Å². The number of hydrogen-bond acceptors (Lipinski definition) is 2. The van der Waals surface area contributed by atoms with E-state index >= 15 is 0 Å². The molecular weight excluding hydrogens is 365 g/mol. The number of halogens is 3. The van der Waals surface area contributed by atoms with E-state index < -0.39 is 0 Å². The minimum absolute atomic E-state index is 0. The van der Waals surface area contributed by atoms with Gasteiger partial charge in [-0.3, -0.25) is 0 Å².